The molecular weight excluding hydrogens is 282 g/mol. The SMILES string of the molecule is O=C(O)[C@@H]1C[C@H]1C(=O)NCC1(c2ccccc2)CCOCC1. The van der Waals surface area contributed by atoms with Crippen LogP contribution in [-0.4, -0.2) is 36.7 Å². The third-order valence-electron chi connectivity index (χ3n) is 4.88. The van der Waals surface area contributed by atoms with Crippen molar-refractivity contribution < 1.29 is 19.4 Å². The second-order valence-corrected chi connectivity index (χ2v) is 6.26. The van der Waals surface area contributed by atoms with Crippen LogP contribution in [0.25, 0.3) is 0 Å². The quantitative estimate of drug-likeness (QED) is 0.866. The number of aliphatic carboxylic acids is 1. The van der Waals surface area contributed by atoms with E-state index in [1.165, 1.54) is 5.56 Å². The molecule has 1 saturated carbocycles. The van der Waals surface area contributed by atoms with E-state index in [9.17, 15) is 9.59 Å². The van der Waals surface area contributed by atoms with Crippen molar-refractivity contribution >= 4 is 11.9 Å². The number of hydrogen-bond donors (Lipinski definition) is 2. The summed E-state index contributed by atoms with van der Waals surface area (Å²) >= 11 is 0. The molecule has 1 aromatic carbocycles. The first kappa shape index (κ1) is 15.0. The summed E-state index contributed by atoms with van der Waals surface area (Å²) in [7, 11) is 0. The van der Waals surface area contributed by atoms with Gasteiger partial charge in [-0.25, -0.2) is 0 Å². The monoisotopic (exact) mass is 303 g/mol. The summed E-state index contributed by atoms with van der Waals surface area (Å²) in [5, 5.41) is 11.9. The van der Waals surface area contributed by atoms with E-state index in [-0.39, 0.29) is 17.2 Å². The van der Waals surface area contributed by atoms with Gasteiger partial charge in [0.1, 0.15) is 0 Å². The molecule has 0 radical (unpaired) electrons. The zero-order chi connectivity index (χ0) is 15.6. The van der Waals surface area contributed by atoms with Crippen molar-refractivity contribution in [3.8, 4) is 0 Å². The zero-order valence-corrected chi connectivity index (χ0v) is 12.5. The molecule has 1 aromatic rings. The van der Waals surface area contributed by atoms with Gasteiger partial charge < -0.3 is 15.2 Å². The van der Waals surface area contributed by atoms with Crippen molar-refractivity contribution in [3.63, 3.8) is 0 Å². The van der Waals surface area contributed by atoms with Crippen LogP contribution in [0.3, 0.4) is 0 Å². The van der Waals surface area contributed by atoms with Crippen molar-refractivity contribution in [3.05, 3.63) is 35.9 Å². The average Bonchev–Trinajstić information content (AvgIpc) is 3.35. The molecule has 0 spiro atoms. The topological polar surface area (TPSA) is 75.6 Å². The summed E-state index contributed by atoms with van der Waals surface area (Å²) in [6.45, 7) is 1.92. The van der Waals surface area contributed by atoms with Crippen LogP contribution in [-0.2, 0) is 19.7 Å². The highest BCUT2D eigenvalue weighted by molar-refractivity contribution is 5.89. The van der Waals surface area contributed by atoms with Crippen molar-refractivity contribution in [1.29, 1.82) is 0 Å². The number of hydrogen-bond acceptors (Lipinski definition) is 3. The predicted molar refractivity (Wildman–Crippen MR) is 80.4 cm³/mol. The maximum Gasteiger partial charge on any atom is 0.307 e. The maximum absolute atomic E-state index is 12.1. The molecule has 22 heavy (non-hydrogen) atoms. The van der Waals surface area contributed by atoms with E-state index in [2.05, 4.69) is 17.4 Å². The lowest BCUT2D eigenvalue weighted by Gasteiger charge is -2.38. The van der Waals surface area contributed by atoms with Crippen LogP contribution in [0.15, 0.2) is 30.3 Å². The van der Waals surface area contributed by atoms with E-state index in [0.29, 0.717) is 26.2 Å². The Morgan fingerprint density at radius 2 is 1.86 bits per heavy atom. The minimum Gasteiger partial charge on any atom is -0.481 e. The van der Waals surface area contributed by atoms with Crippen LogP contribution >= 0.6 is 0 Å². The lowest BCUT2D eigenvalue weighted by molar-refractivity contribution is -0.140. The van der Waals surface area contributed by atoms with Gasteiger partial charge in [-0.2, -0.15) is 0 Å². The molecule has 0 aromatic heterocycles. The summed E-state index contributed by atoms with van der Waals surface area (Å²) in [4.78, 5) is 23.0. The molecular formula is C17H21NO4. The molecule has 2 aliphatic rings. The van der Waals surface area contributed by atoms with E-state index in [4.69, 9.17) is 9.84 Å². The Bertz CT molecular complexity index is 551. The van der Waals surface area contributed by atoms with Crippen molar-refractivity contribution in [1.82, 2.24) is 5.32 Å². The lowest BCUT2D eigenvalue weighted by atomic mass is 9.74. The van der Waals surface area contributed by atoms with Crippen LogP contribution < -0.4 is 5.32 Å². The van der Waals surface area contributed by atoms with E-state index < -0.39 is 11.9 Å². The van der Waals surface area contributed by atoms with E-state index in [1.807, 2.05) is 18.2 Å². The predicted octanol–water partition coefficient (Wildman–Crippen LogP) is 1.57. The van der Waals surface area contributed by atoms with Gasteiger partial charge in [0.05, 0.1) is 11.8 Å². The number of carbonyl (C=O) groups excluding carboxylic acids is 1. The first-order chi connectivity index (χ1) is 10.6. The summed E-state index contributed by atoms with van der Waals surface area (Å²) in [5.74, 6) is -1.86. The first-order valence-corrected chi connectivity index (χ1v) is 7.76. The number of ether oxygens (including phenoxy) is 1. The fourth-order valence-corrected chi connectivity index (χ4v) is 3.27. The van der Waals surface area contributed by atoms with Gasteiger partial charge in [0.25, 0.3) is 0 Å². The number of carboxylic acids is 1. The van der Waals surface area contributed by atoms with E-state index >= 15 is 0 Å². The van der Waals surface area contributed by atoms with Crippen molar-refractivity contribution in [2.45, 2.75) is 24.7 Å². The van der Waals surface area contributed by atoms with Crippen LogP contribution in [0.1, 0.15) is 24.8 Å². The number of carboxylic acid groups (broad SMARTS) is 1. The van der Waals surface area contributed by atoms with Gasteiger partial charge in [0.15, 0.2) is 0 Å². The molecule has 1 aliphatic heterocycles. The Balaban J connectivity index is 1.67. The molecule has 2 atom stereocenters. The molecule has 0 bridgehead atoms. The highest BCUT2D eigenvalue weighted by Crippen LogP contribution is 2.39. The van der Waals surface area contributed by atoms with E-state index in [0.717, 1.165) is 12.8 Å². The van der Waals surface area contributed by atoms with E-state index in [1.54, 1.807) is 0 Å². The highest BCUT2D eigenvalue weighted by atomic mass is 16.5. The van der Waals surface area contributed by atoms with Gasteiger partial charge in [-0.1, -0.05) is 30.3 Å². The Hall–Kier alpha value is -1.88. The maximum atomic E-state index is 12.1. The third-order valence-corrected chi connectivity index (χ3v) is 4.88. The molecule has 1 saturated heterocycles. The Kier molecular flexibility index (Phi) is 4.16. The van der Waals surface area contributed by atoms with Gasteiger partial charge in [-0.3, -0.25) is 9.59 Å². The summed E-state index contributed by atoms with van der Waals surface area (Å²) < 4.78 is 5.47. The standard InChI is InChI=1S/C17H21NO4/c19-15(13-10-14(13)16(20)21)18-11-17(6-8-22-9-7-17)12-4-2-1-3-5-12/h1-5,13-14H,6-11H2,(H,18,19)(H,20,21)/t13-,14-/m1/s1. The number of amides is 1. The molecule has 5 nitrogen and oxygen atoms in total. The summed E-state index contributed by atoms with van der Waals surface area (Å²) in [6.07, 6.45) is 2.19. The van der Waals surface area contributed by atoms with Gasteiger partial charge in [0, 0.05) is 25.2 Å². The summed E-state index contributed by atoms with van der Waals surface area (Å²) in [6, 6.07) is 10.2. The molecule has 1 aliphatic carbocycles. The Morgan fingerprint density at radius 3 is 2.45 bits per heavy atom. The van der Waals surface area contributed by atoms with Gasteiger partial charge in [-0.15, -0.1) is 0 Å². The second-order valence-electron chi connectivity index (χ2n) is 6.26. The lowest BCUT2D eigenvalue weighted by Crippen LogP contribution is -2.45. The third kappa shape index (κ3) is 2.99. The molecule has 118 valence electrons. The molecule has 2 fully saturated rings. The number of carbonyl (C=O) groups is 2. The largest absolute Gasteiger partial charge is 0.481 e. The Labute approximate surface area is 129 Å². The summed E-state index contributed by atoms with van der Waals surface area (Å²) in [5.41, 5.74) is 1.10. The number of benzene rings is 1. The molecule has 3 rings (SSSR count). The molecule has 2 N–H and O–H groups in total. The number of nitrogens with one attached hydrogen (secondary N) is 1. The molecule has 1 heterocycles. The second kappa shape index (κ2) is 6.08. The normalized spacial score (nSPS) is 26.2. The van der Waals surface area contributed by atoms with Crippen LogP contribution in [0, 0.1) is 11.8 Å². The van der Waals surface area contributed by atoms with Crippen LogP contribution in [0.5, 0.6) is 0 Å². The van der Waals surface area contributed by atoms with Crippen LogP contribution in [0.2, 0.25) is 0 Å². The van der Waals surface area contributed by atoms with Gasteiger partial charge in [-0.05, 0) is 24.8 Å². The molecule has 1 amide bonds. The first-order valence-electron chi connectivity index (χ1n) is 7.76. The number of rotatable bonds is 5. The van der Waals surface area contributed by atoms with Gasteiger partial charge in [0.2, 0.25) is 5.91 Å². The zero-order valence-electron chi connectivity index (χ0n) is 12.5. The van der Waals surface area contributed by atoms with Crippen molar-refractivity contribution in [2.75, 3.05) is 19.8 Å². The average molecular weight is 303 g/mol. The molecule has 5 heteroatoms. The molecule has 0 unspecified atom stereocenters. The van der Waals surface area contributed by atoms with Crippen LogP contribution in [0.4, 0.5) is 0 Å². The van der Waals surface area contributed by atoms with Gasteiger partial charge >= 0.3 is 5.97 Å². The Morgan fingerprint density at radius 1 is 1.18 bits per heavy atom. The smallest absolute Gasteiger partial charge is 0.307 e. The highest BCUT2D eigenvalue weighted by Gasteiger charge is 2.48. The minimum atomic E-state index is -0.871. The van der Waals surface area contributed by atoms with Crippen molar-refractivity contribution in [2.24, 2.45) is 11.8 Å². The minimum absolute atomic E-state index is 0.108. The fourth-order valence-electron chi connectivity index (χ4n) is 3.27. The fraction of sp³-hybridized carbons (Fsp3) is 0.529.